The van der Waals surface area contributed by atoms with Crippen LogP contribution in [0.25, 0.3) is 0 Å². The molecule has 1 fully saturated rings. The summed E-state index contributed by atoms with van der Waals surface area (Å²) in [4.78, 5) is 25.3. The number of amides is 2. The molecule has 0 aliphatic carbocycles. The number of carbonyl (C=O) groups is 2. The van der Waals surface area contributed by atoms with Gasteiger partial charge in [0.25, 0.3) is 5.91 Å². The number of nitrogens with one attached hydrogen (secondary N) is 1. The highest BCUT2D eigenvalue weighted by molar-refractivity contribution is 5.97. The zero-order chi connectivity index (χ0) is 14.7. The first kappa shape index (κ1) is 14.3. The van der Waals surface area contributed by atoms with E-state index in [0.717, 1.165) is 12.1 Å². The predicted molar refractivity (Wildman–Crippen MR) is 70.8 cm³/mol. The van der Waals surface area contributed by atoms with Gasteiger partial charge in [0, 0.05) is 32.1 Å². The van der Waals surface area contributed by atoms with Gasteiger partial charge in [0.2, 0.25) is 5.91 Å². The van der Waals surface area contributed by atoms with Crippen molar-refractivity contribution in [3.63, 3.8) is 0 Å². The van der Waals surface area contributed by atoms with E-state index in [0.29, 0.717) is 25.9 Å². The number of likely N-dealkylation sites (tertiary alicyclic amines) is 1. The van der Waals surface area contributed by atoms with Gasteiger partial charge in [-0.25, -0.2) is 4.39 Å². The molecule has 108 valence electrons. The molecule has 1 aromatic carbocycles. The SMILES string of the molecule is CNC(=O)C1CCN(C(=O)c2ccc(F)cc2O)CC1. The van der Waals surface area contributed by atoms with Crippen LogP contribution in [0.1, 0.15) is 23.2 Å². The molecule has 1 aromatic rings. The van der Waals surface area contributed by atoms with Crippen LogP contribution in [0.4, 0.5) is 4.39 Å². The van der Waals surface area contributed by atoms with Gasteiger partial charge in [-0.2, -0.15) is 0 Å². The largest absolute Gasteiger partial charge is 0.507 e. The van der Waals surface area contributed by atoms with Gasteiger partial charge >= 0.3 is 0 Å². The van der Waals surface area contributed by atoms with E-state index in [1.54, 1.807) is 11.9 Å². The molecule has 1 aliphatic heterocycles. The second-order valence-corrected chi connectivity index (χ2v) is 4.84. The smallest absolute Gasteiger partial charge is 0.257 e. The molecule has 0 bridgehead atoms. The van der Waals surface area contributed by atoms with Crippen molar-refractivity contribution in [1.29, 1.82) is 0 Å². The highest BCUT2D eigenvalue weighted by atomic mass is 19.1. The van der Waals surface area contributed by atoms with Gasteiger partial charge in [-0.05, 0) is 25.0 Å². The van der Waals surface area contributed by atoms with Crippen molar-refractivity contribution < 1.29 is 19.1 Å². The minimum Gasteiger partial charge on any atom is -0.507 e. The molecule has 1 aliphatic rings. The minimum absolute atomic E-state index is 0.0123. The summed E-state index contributed by atoms with van der Waals surface area (Å²) in [6, 6.07) is 3.34. The van der Waals surface area contributed by atoms with Gasteiger partial charge in [0.05, 0.1) is 5.56 Å². The Morgan fingerprint density at radius 1 is 1.35 bits per heavy atom. The van der Waals surface area contributed by atoms with Crippen LogP contribution in [-0.4, -0.2) is 42.0 Å². The number of phenolic OH excluding ortho intramolecular Hbond substituents is 1. The number of phenols is 1. The van der Waals surface area contributed by atoms with Crippen LogP contribution >= 0.6 is 0 Å². The van der Waals surface area contributed by atoms with E-state index in [4.69, 9.17) is 0 Å². The van der Waals surface area contributed by atoms with E-state index < -0.39 is 5.82 Å². The number of hydrogen-bond donors (Lipinski definition) is 2. The number of carbonyl (C=O) groups excluding carboxylic acids is 2. The minimum atomic E-state index is -0.586. The fraction of sp³-hybridized carbons (Fsp3) is 0.429. The Bertz CT molecular complexity index is 525. The van der Waals surface area contributed by atoms with Gasteiger partial charge in [-0.3, -0.25) is 9.59 Å². The highest BCUT2D eigenvalue weighted by Gasteiger charge is 2.28. The molecule has 0 radical (unpaired) electrons. The summed E-state index contributed by atoms with van der Waals surface area (Å²) in [5, 5.41) is 12.2. The topological polar surface area (TPSA) is 69.6 Å². The molecular weight excluding hydrogens is 263 g/mol. The van der Waals surface area contributed by atoms with Crippen LogP contribution in [0.15, 0.2) is 18.2 Å². The molecule has 0 aromatic heterocycles. The Morgan fingerprint density at radius 2 is 2.00 bits per heavy atom. The van der Waals surface area contributed by atoms with E-state index in [1.165, 1.54) is 6.07 Å². The fourth-order valence-electron chi connectivity index (χ4n) is 2.40. The Hall–Kier alpha value is -2.11. The average Bonchev–Trinajstić information content (AvgIpc) is 2.46. The molecule has 6 heteroatoms. The van der Waals surface area contributed by atoms with Crippen LogP contribution in [0.5, 0.6) is 5.75 Å². The van der Waals surface area contributed by atoms with Crippen molar-refractivity contribution in [3.8, 4) is 5.75 Å². The summed E-state index contributed by atoms with van der Waals surface area (Å²) in [5.74, 6) is -1.37. The highest BCUT2D eigenvalue weighted by Crippen LogP contribution is 2.23. The molecule has 20 heavy (non-hydrogen) atoms. The van der Waals surface area contributed by atoms with E-state index in [2.05, 4.69) is 5.32 Å². The maximum Gasteiger partial charge on any atom is 0.257 e. The Kier molecular flexibility index (Phi) is 4.22. The lowest BCUT2D eigenvalue weighted by Gasteiger charge is -2.31. The van der Waals surface area contributed by atoms with Crippen molar-refractivity contribution in [1.82, 2.24) is 10.2 Å². The number of aromatic hydroxyl groups is 1. The summed E-state index contributed by atoms with van der Waals surface area (Å²) < 4.78 is 12.9. The molecule has 0 spiro atoms. The van der Waals surface area contributed by atoms with Gasteiger partial charge in [-0.15, -0.1) is 0 Å². The number of benzene rings is 1. The second kappa shape index (κ2) is 5.90. The number of piperidine rings is 1. The normalized spacial score (nSPS) is 16.0. The van der Waals surface area contributed by atoms with E-state index in [-0.39, 0.29) is 29.0 Å². The fourth-order valence-corrected chi connectivity index (χ4v) is 2.40. The average molecular weight is 280 g/mol. The summed E-state index contributed by atoms with van der Waals surface area (Å²) in [7, 11) is 1.59. The number of halogens is 1. The second-order valence-electron chi connectivity index (χ2n) is 4.84. The quantitative estimate of drug-likeness (QED) is 0.853. The molecule has 1 saturated heterocycles. The molecule has 2 N–H and O–H groups in total. The maximum atomic E-state index is 12.9. The van der Waals surface area contributed by atoms with Crippen LogP contribution in [0.2, 0.25) is 0 Å². The first-order valence-electron chi connectivity index (χ1n) is 6.52. The molecular formula is C14H17FN2O3. The van der Waals surface area contributed by atoms with Gasteiger partial charge < -0.3 is 15.3 Å². The molecule has 0 atom stereocenters. The third-order valence-corrected chi connectivity index (χ3v) is 3.59. The monoisotopic (exact) mass is 280 g/mol. The third kappa shape index (κ3) is 2.89. The van der Waals surface area contributed by atoms with Crippen LogP contribution < -0.4 is 5.32 Å². The van der Waals surface area contributed by atoms with Crippen LogP contribution in [0, 0.1) is 11.7 Å². The lowest BCUT2D eigenvalue weighted by molar-refractivity contribution is -0.125. The molecule has 2 rings (SSSR count). The first-order valence-corrected chi connectivity index (χ1v) is 6.52. The van der Waals surface area contributed by atoms with E-state index >= 15 is 0 Å². The first-order chi connectivity index (χ1) is 9.52. The van der Waals surface area contributed by atoms with Gasteiger partial charge in [-0.1, -0.05) is 0 Å². The standard InChI is InChI=1S/C14H17FN2O3/c1-16-13(19)9-4-6-17(7-5-9)14(20)11-3-2-10(15)8-12(11)18/h2-3,8-9,18H,4-7H2,1H3,(H,16,19). The van der Waals surface area contributed by atoms with E-state index in [1.807, 2.05) is 0 Å². The van der Waals surface area contributed by atoms with Crippen LogP contribution in [-0.2, 0) is 4.79 Å². The van der Waals surface area contributed by atoms with Crippen molar-refractivity contribution in [2.45, 2.75) is 12.8 Å². The lowest BCUT2D eigenvalue weighted by Crippen LogP contribution is -2.42. The van der Waals surface area contributed by atoms with Crippen molar-refractivity contribution in [2.24, 2.45) is 5.92 Å². The van der Waals surface area contributed by atoms with Gasteiger partial charge in [0.1, 0.15) is 11.6 Å². The summed E-state index contributed by atoms with van der Waals surface area (Å²) >= 11 is 0. The maximum absolute atomic E-state index is 12.9. The van der Waals surface area contributed by atoms with Gasteiger partial charge in [0.15, 0.2) is 0 Å². The van der Waals surface area contributed by atoms with E-state index in [9.17, 15) is 19.1 Å². The third-order valence-electron chi connectivity index (χ3n) is 3.59. The van der Waals surface area contributed by atoms with Crippen molar-refractivity contribution in [2.75, 3.05) is 20.1 Å². The molecule has 5 nitrogen and oxygen atoms in total. The Morgan fingerprint density at radius 3 is 2.55 bits per heavy atom. The summed E-state index contributed by atoms with van der Waals surface area (Å²) in [6.07, 6.45) is 1.18. The zero-order valence-electron chi connectivity index (χ0n) is 11.2. The Balaban J connectivity index is 2.03. The number of rotatable bonds is 2. The summed E-state index contributed by atoms with van der Waals surface area (Å²) in [5.41, 5.74) is 0.0878. The lowest BCUT2D eigenvalue weighted by atomic mass is 9.95. The number of hydrogen-bond acceptors (Lipinski definition) is 3. The zero-order valence-corrected chi connectivity index (χ0v) is 11.2. The molecule has 0 unspecified atom stereocenters. The summed E-state index contributed by atoms with van der Waals surface area (Å²) in [6.45, 7) is 0.904. The molecule has 1 heterocycles. The Labute approximate surface area is 116 Å². The molecule has 0 saturated carbocycles. The number of nitrogens with zero attached hydrogens (tertiary/aromatic N) is 1. The predicted octanol–water partition coefficient (Wildman–Crippen LogP) is 1.13. The molecule has 2 amide bonds. The van der Waals surface area contributed by atoms with Crippen molar-refractivity contribution in [3.05, 3.63) is 29.6 Å². The van der Waals surface area contributed by atoms with Crippen molar-refractivity contribution >= 4 is 11.8 Å². The van der Waals surface area contributed by atoms with Crippen LogP contribution in [0.3, 0.4) is 0 Å².